The Hall–Kier alpha value is -0.540. The molecule has 2 aliphatic rings. The van der Waals surface area contributed by atoms with Gasteiger partial charge in [-0.05, 0) is 31.6 Å². The normalized spacial score (nSPS) is 27.8. The van der Waals surface area contributed by atoms with Crippen molar-refractivity contribution in [1.82, 2.24) is 0 Å². The van der Waals surface area contributed by atoms with E-state index < -0.39 is 11.6 Å². The number of hydrogen-bond donors (Lipinski definition) is 0. The molecule has 0 N–H and O–H groups in total. The maximum atomic E-state index is 12.7. The van der Waals surface area contributed by atoms with E-state index >= 15 is 0 Å². The van der Waals surface area contributed by atoms with Crippen LogP contribution >= 0.6 is 0 Å². The second-order valence-corrected chi connectivity index (χ2v) is 4.47. The Morgan fingerprint density at radius 2 is 1.64 bits per heavy atom. The maximum absolute atomic E-state index is 12.7. The van der Waals surface area contributed by atoms with Crippen molar-refractivity contribution in [2.45, 2.75) is 44.7 Å². The van der Waals surface area contributed by atoms with Crippen molar-refractivity contribution in [3.8, 4) is 0 Å². The lowest BCUT2D eigenvalue weighted by molar-refractivity contribution is -0.205. The van der Waals surface area contributed by atoms with E-state index in [0.717, 1.165) is 0 Å². The summed E-state index contributed by atoms with van der Waals surface area (Å²) in [5.41, 5.74) is -1.41. The average molecular weight is 206 g/mol. The molecule has 1 nitrogen and oxygen atoms in total. The van der Waals surface area contributed by atoms with Crippen LogP contribution in [-0.2, 0) is 4.79 Å². The van der Waals surface area contributed by atoms with Gasteiger partial charge in [0.05, 0.1) is 5.41 Å². The first kappa shape index (κ1) is 9.99. The molecule has 0 amide bonds. The van der Waals surface area contributed by atoms with Gasteiger partial charge in [0.15, 0.2) is 0 Å². The van der Waals surface area contributed by atoms with Gasteiger partial charge in [0.2, 0.25) is 0 Å². The van der Waals surface area contributed by atoms with Crippen LogP contribution < -0.4 is 0 Å². The van der Waals surface area contributed by atoms with Crippen molar-refractivity contribution in [1.29, 1.82) is 0 Å². The molecule has 0 radical (unpaired) electrons. The molecule has 0 saturated heterocycles. The Bertz CT molecular complexity index is 243. The molecule has 0 bridgehead atoms. The fraction of sp³-hybridized carbons (Fsp3) is 0.900. The van der Waals surface area contributed by atoms with E-state index in [1.165, 1.54) is 0 Å². The number of Topliss-reactive ketones (excluding diaryl/α,β-unsaturated/α-hetero) is 1. The molecule has 0 aliphatic heterocycles. The van der Waals surface area contributed by atoms with Gasteiger partial charge in [-0.25, -0.2) is 0 Å². The molecule has 0 aromatic carbocycles. The predicted octanol–water partition coefficient (Wildman–Crippen LogP) is 3.09. The molecule has 14 heavy (non-hydrogen) atoms. The molecule has 0 spiro atoms. The molecular weight excluding hydrogens is 193 g/mol. The number of alkyl halides is 3. The zero-order valence-electron chi connectivity index (χ0n) is 7.86. The van der Waals surface area contributed by atoms with Gasteiger partial charge in [-0.1, -0.05) is 0 Å². The summed E-state index contributed by atoms with van der Waals surface area (Å²) in [5.74, 6) is -0.167. The molecule has 2 aliphatic carbocycles. The van der Waals surface area contributed by atoms with Crippen LogP contribution in [0.2, 0.25) is 0 Å². The molecule has 4 heteroatoms. The molecule has 0 unspecified atom stereocenters. The molecule has 0 atom stereocenters. The Balaban J connectivity index is 2.05. The van der Waals surface area contributed by atoms with Gasteiger partial charge in [-0.2, -0.15) is 13.2 Å². The molecular formula is C10H13F3O. The fourth-order valence-corrected chi connectivity index (χ4v) is 2.55. The largest absolute Gasteiger partial charge is 0.394 e. The number of halogens is 3. The highest BCUT2D eigenvalue weighted by atomic mass is 19.4. The minimum atomic E-state index is -4.06. The summed E-state index contributed by atoms with van der Waals surface area (Å²) in [6, 6.07) is 0. The van der Waals surface area contributed by atoms with Crippen LogP contribution in [0.25, 0.3) is 0 Å². The van der Waals surface area contributed by atoms with Gasteiger partial charge in [-0.15, -0.1) is 0 Å². The standard InChI is InChI=1S/C10H13F3O/c11-10(12,13)9(5-6-9)7-1-3-8(14)4-2-7/h7H,1-6H2. The summed E-state index contributed by atoms with van der Waals surface area (Å²) in [4.78, 5) is 10.9. The zero-order chi connectivity index (χ0) is 10.4. The predicted molar refractivity (Wildman–Crippen MR) is 44.7 cm³/mol. The van der Waals surface area contributed by atoms with Crippen LogP contribution in [0, 0.1) is 11.3 Å². The second-order valence-electron chi connectivity index (χ2n) is 4.47. The van der Waals surface area contributed by atoms with Gasteiger partial charge in [0, 0.05) is 12.8 Å². The quantitative estimate of drug-likeness (QED) is 0.644. The third-order valence-electron chi connectivity index (χ3n) is 3.68. The molecule has 80 valence electrons. The Labute approximate surface area is 80.7 Å². The molecule has 0 aromatic heterocycles. The van der Waals surface area contributed by atoms with Crippen molar-refractivity contribution < 1.29 is 18.0 Å². The van der Waals surface area contributed by atoms with Crippen LogP contribution in [0.15, 0.2) is 0 Å². The molecule has 0 aromatic rings. The van der Waals surface area contributed by atoms with Gasteiger partial charge >= 0.3 is 6.18 Å². The van der Waals surface area contributed by atoms with Gasteiger partial charge in [-0.3, -0.25) is 4.79 Å². The van der Waals surface area contributed by atoms with Crippen molar-refractivity contribution >= 4 is 5.78 Å². The summed E-state index contributed by atoms with van der Waals surface area (Å²) >= 11 is 0. The lowest BCUT2D eigenvalue weighted by atomic mass is 9.77. The van der Waals surface area contributed by atoms with E-state index in [2.05, 4.69) is 0 Å². The first-order valence-electron chi connectivity index (χ1n) is 5.04. The van der Waals surface area contributed by atoms with Crippen molar-refractivity contribution in [2.75, 3.05) is 0 Å². The highest BCUT2D eigenvalue weighted by Crippen LogP contribution is 2.64. The Morgan fingerprint density at radius 1 is 1.14 bits per heavy atom. The monoisotopic (exact) mass is 206 g/mol. The molecule has 2 saturated carbocycles. The van der Waals surface area contributed by atoms with Crippen molar-refractivity contribution in [3.05, 3.63) is 0 Å². The van der Waals surface area contributed by atoms with Gasteiger partial charge in [0.25, 0.3) is 0 Å². The highest BCUT2D eigenvalue weighted by Gasteiger charge is 2.66. The number of carbonyl (C=O) groups is 1. The average Bonchev–Trinajstić information content (AvgIpc) is 2.84. The van der Waals surface area contributed by atoms with E-state index in [9.17, 15) is 18.0 Å². The Morgan fingerprint density at radius 3 is 2.00 bits per heavy atom. The maximum Gasteiger partial charge on any atom is 0.394 e. The number of rotatable bonds is 1. The second kappa shape index (κ2) is 2.97. The van der Waals surface area contributed by atoms with E-state index in [0.29, 0.717) is 25.7 Å². The smallest absolute Gasteiger partial charge is 0.300 e. The lowest BCUT2D eigenvalue weighted by Gasteiger charge is -2.31. The van der Waals surface area contributed by atoms with Crippen LogP contribution in [0.4, 0.5) is 13.2 Å². The van der Waals surface area contributed by atoms with E-state index in [-0.39, 0.29) is 24.5 Å². The summed E-state index contributed by atoms with van der Waals surface area (Å²) in [7, 11) is 0. The van der Waals surface area contributed by atoms with Crippen LogP contribution in [0.5, 0.6) is 0 Å². The zero-order valence-corrected chi connectivity index (χ0v) is 7.86. The lowest BCUT2D eigenvalue weighted by Crippen LogP contribution is -2.34. The van der Waals surface area contributed by atoms with Crippen LogP contribution in [0.1, 0.15) is 38.5 Å². The summed E-state index contributed by atoms with van der Waals surface area (Å²) in [6.45, 7) is 0. The van der Waals surface area contributed by atoms with Crippen molar-refractivity contribution in [3.63, 3.8) is 0 Å². The van der Waals surface area contributed by atoms with E-state index in [4.69, 9.17) is 0 Å². The third kappa shape index (κ3) is 1.44. The molecule has 2 rings (SSSR count). The van der Waals surface area contributed by atoms with E-state index in [1.54, 1.807) is 0 Å². The van der Waals surface area contributed by atoms with Crippen molar-refractivity contribution in [2.24, 2.45) is 11.3 Å². The number of ketones is 1. The molecule has 2 fully saturated rings. The van der Waals surface area contributed by atoms with Crippen LogP contribution in [0.3, 0.4) is 0 Å². The fourth-order valence-electron chi connectivity index (χ4n) is 2.55. The first-order chi connectivity index (χ1) is 6.46. The summed E-state index contributed by atoms with van der Waals surface area (Å²) in [5, 5.41) is 0. The summed E-state index contributed by atoms with van der Waals surface area (Å²) in [6.07, 6.45) is -1.93. The minimum absolute atomic E-state index is 0.124. The van der Waals surface area contributed by atoms with Gasteiger partial charge in [0.1, 0.15) is 5.78 Å². The summed E-state index contributed by atoms with van der Waals surface area (Å²) < 4.78 is 38.1. The minimum Gasteiger partial charge on any atom is -0.300 e. The van der Waals surface area contributed by atoms with E-state index in [1.807, 2.05) is 0 Å². The third-order valence-corrected chi connectivity index (χ3v) is 3.68. The Kier molecular flexibility index (Phi) is 2.12. The number of carbonyl (C=O) groups excluding carboxylic acids is 1. The number of hydrogen-bond acceptors (Lipinski definition) is 1. The highest BCUT2D eigenvalue weighted by molar-refractivity contribution is 5.79. The SMILES string of the molecule is O=C1CCC(C2(C(F)(F)F)CC2)CC1. The topological polar surface area (TPSA) is 17.1 Å². The van der Waals surface area contributed by atoms with Gasteiger partial charge < -0.3 is 0 Å². The molecule has 0 heterocycles. The first-order valence-corrected chi connectivity index (χ1v) is 5.04. The van der Waals surface area contributed by atoms with Crippen LogP contribution in [-0.4, -0.2) is 12.0 Å².